The molecule has 0 radical (unpaired) electrons. The summed E-state index contributed by atoms with van der Waals surface area (Å²) < 4.78 is 7.21. The Bertz CT molecular complexity index is 939. The lowest BCUT2D eigenvalue weighted by molar-refractivity contribution is -0.113. The van der Waals surface area contributed by atoms with Gasteiger partial charge in [0, 0.05) is 43.9 Å². The lowest BCUT2D eigenvalue weighted by atomic mass is 10.1. The number of amides is 1. The van der Waals surface area contributed by atoms with Crippen molar-refractivity contribution in [1.29, 1.82) is 0 Å². The van der Waals surface area contributed by atoms with Crippen LogP contribution in [-0.2, 0) is 16.1 Å². The van der Waals surface area contributed by atoms with Crippen LogP contribution in [0.15, 0.2) is 47.9 Å². The second-order valence-electron chi connectivity index (χ2n) is 6.64. The lowest BCUT2D eigenvalue weighted by Crippen LogP contribution is -2.16. The summed E-state index contributed by atoms with van der Waals surface area (Å²) in [5.74, 6) is 0.956. The molecular formula is C21H25N5O2S. The molecule has 2 aromatic heterocycles. The Morgan fingerprint density at radius 2 is 1.86 bits per heavy atom. The minimum atomic E-state index is -0.0655. The van der Waals surface area contributed by atoms with Gasteiger partial charge in [-0.15, -0.1) is 10.2 Å². The fraction of sp³-hybridized carbons (Fsp3) is 0.333. The van der Waals surface area contributed by atoms with Crippen molar-refractivity contribution in [2.75, 3.05) is 24.8 Å². The summed E-state index contributed by atoms with van der Waals surface area (Å²) in [6.45, 7) is 5.33. The largest absolute Gasteiger partial charge is 0.385 e. The molecule has 0 aliphatic rings. The molecule has 1 aromatic carbocycles. The Labute approximate surface area is 174 Å². The van der Waals surface area contributed by atoms with E-state index in [0.29, 0.717) is 18.3 Å². The second-order valence-corrected chi connectivity index (χ2v) is 7.59. The summed E-state index contributed by atoms with van der Waals surface area (Å²) in [4.78, 5) is 16.6. The molecule has 3 aromatic rings. The van der Waals surface area contributed by atoms with Crippen molar-refractivity contribution in [3.05, 3.63) is 53.9 Å². The first-order valence-electron chi connectivity index (χ1n) is 9.41. The van der Waals surface area contributed by atoms with Crippen molar-refractivity contribution in [1.82, 2.24) is 19.7 Å². The highest BCUT2D eigenvalue weighted by Gasteiger charge is 2.16. The maximum Gasteiger partial charge on any atom is 0.234 e. The first-order chi connectivity index (χ1) is 14.1. The van der Waals surface area contributed by atoms with Gasteiger partial charge in [-0.1, -0.05) is 30.0 Å². The van der Waals surface area contributed by atoms with E-state index in [9.17, 15) is 4.79 Å². The van der Waals surface area contributed by atoms with E-state index in [1.165, 1.54) is 11.8 Å². The number of nitrogens with one attached hydrogen (secondary N) is 1. The molecule has 0 atom stereocenters. The first-order valence-corrected chi connectivity index (χ1v) is 10.4. The molecule has 152 valence electrons. The molecule has 7 nitrogen and oxygen atoms in total. The van der Waals surface area contributed by atoms with Gasteiger partial charge in [-0.25, -0.2) is 0 Å². The molecule has 1 amide bonds. The SMILES string of the molecule is COCCCn1c(SCC(=O)Nc2c(C)cccc2C)nnc1-c1ccncc1. The second kappa shape index (κ2) is 10.2. The Kier molecular flexibility index (Phi) is 7.37. The maximum absolute atomic E-state index is 12.5. The zero-order valence-electron chi connectivity index (χ0n) is 16.9. The predicted octanol–water partition coefficient (Wildman–Crippen LogP) is 3.72. The van der Waals surface area contributed by atoms with Gasteiger partial charge in [-0.3, -0.25) is 9.78 Å². The number of benzene rings is 1. The molecule has 0 aliphatic heterocycles. The summed E-state index contributed by atoms with van der Waals surface area (Å²) in [6.07, 6.45) is 4.29. The number of ether oxygens (including phenoxy) is 1. The molecule has 1 N–H and O–H groups in total. The Morgan fingerprint density at radius 1 is 1.14 bits per heavy atom. The summed E-state index contributed by atoms with van der Waals surface area (Å²) in [5, 5.41) is 12.4. The van der Waals surface area contributed by atoms with E-state index in [1.807, 2.05) is 48.7 Å². The normalized spacial score (nSPS) is 10.9. The van der Waals surface area contributed by atoms with Gasteiger partial charge in [0.15, 0.2) is 11.0 Å². The van der Waals surface area contributed by atoms with Gasteiger partial charge in [-0.2, -0.15) is 0 Å². The molecule has 0 fully saturated rings. The Hall–Kier alpha value is -2.71. The number of aryl methyl sites for hydroxylation is 2. The standard InChI is InChI=1S/C21H25N5O2S/c1-15-6-4-7-16(2)19(15)23-18(27)14-29-21-25-24-20(17-8-10-22-11-9-17)26(21)12-5-13-28-3/h4,6-11H,5,12-14H2,1-3H3,(H,23,27). The number of pyridine rings is 1. The van der Waals surface area contributed by atoms with Crippen LogP contribution in [0.3, 0.4) is 0 Å². The van der Waals surface area contributed by atoms with Gasteiger partial charge in [0.2, 0.25) is 5.91 Å². The van der Waals surface area contributed by atoms with Gasteiger partial charge in [-0.05, 0) is 43.5 Å². The van der Waals surface area contributed by atoms with Crippen LogP contribution in [0.1, 0.15) is 17.5 Å². The van der Waals surface area contributed by atoms with E-state index >= 15 is 0 Å². The minimum absolute atomic E-state index is 0.0655. The average molecular weight is 412 g/mol. The third-order valence-corrected chi connectivity index (χ3v) is 5.43. The predicted molar refractivity (Wildman–Crippen MR) is 115 cm³/mol. The van der Waals surface area contributed by atoms with Crippen molar-refractivity contribution >= 4 is 23.4 Å². The number of para-hydroxylation sites is 1. The number of hydrogen-bond acceptors (Lipinski definition) is 6. The molecule has 29 heavy (non-hydrogen) atoms. The summed E-state index contributed by atoms with van der Waals surface area (Å²) in [5.41, 5.74) is 3.91. The number of aromatic nitrogens is 4. The molecule has 0 spiro atoms. The monoisotopic (exact) mass is 411 g/mol. The van der Waals surface area contributed by atoms with Crippen LogP contribution in [0.2, 0.25) is 0 Å². The van der Waals surface area contributed by atoms with Gasteiger partial charge in [0.1, 0.15) is 0 Å². The molecule has 3 rings (SSSR count). The number of carbonyl (C=O) groups is 1. The van der Waals surface area contributed by atoms with Crippen LogP contribution >= 0.6 is 11.8 Å². The molecule has 0 saturated carbocycles. The summed E-state index contributed by atoms with van der Waals surface area (Å²) in [6, 6.07) is 9.77. The molecule has 8 heteroatoms. The molecule has 0 unspecified atom stereocenters. The Morgan fingerprint density at radius 3 is 2.55 bits per heavy atom. The van der Waals surface area contributed by atoms with Crippen LogP contribution in [0, 0.1) is 13.8 Å². The topological polar surface area (TPSA) is 81.9 Å². The highest BCUT2D eigenvalue weighted by Crippen LogP contribution is 2.25. The van der Waals surface area contributed by atoms with E-state index in [1.54, 1.807) is 19.5 Å². The molecular weight excluding hydrogens is 386 g/mol. The van der Waals surface area contributed by atoms with E-state index in [4.69, 9.17) is 4.74 Å². The van der Waals surface area contributed by atoms with Crippen molar-refractivity contribution in [3.8, 4) is 11.4 Å². The zero-order valence-corrected chi connectivity index (χ0v) is 17.7. The van der Waals surface area contributed by atoms with Crippen LogP contribution in [0.25, 0.3) is 11.4 Å². The lowest BCUT2D eigenvalue weighted by Gasteiger charge is -2.12. The number of rotatable bonds is 9. The third kappa shape index (κ3) is 5.42. The number of anilines is 1. The fourth-order valence-electron chi connectivity index (χ4n) is 3.00. The average Bonchev–Trinajstić information content (AvgIpc) is 3.13. The van der Waals surface area contributed by atoms with E-state index in [-0.39, 0.29) is 11.7 Å². The smallest absolute Gasteiger partial charge is 0.234 e. The van der Waals surface area contributed by atoms with Gasteiger partial charge >= 0.3 is 0 Å². The zero-order chi connectivity index (χ0) is 20.6. The van der Waals surface area contributed by atoms with Crippen molar-refractivity contribution in [2.24, 2.45) is 0 Å². The number of carbonyl (C=O) groups excluding carboxylic acids is 1. The van der Waals surface area contributed by atoms with Gasteiger partial charge < -0.3 is 14.6 Å². The Balaban J connectivity index is 1.72. The number of methoxy groups -OCH3 is 1. The third-order valence-electron chi connectivity index (χ3n) is 4.46. The number of hydrogen-bond donors (Lipinski definition) is 1. The molecule has 0 bridgehead atoms. The van der Waals surface area contributed by atoms with Gasteiger partial charge in [0.25, 0.3) is 0 Å². The van der Waals surface area contributed by atoms with Crippen molar-refractivity contribution in [3.63, 3.8) is 0 Å². The first kappa shape index (κ1) is 21.0. The fourth-order valence-corrected chi connectivity index (χ4v) is 3.76. The van der Waals surface area contributed by atoms with Gasteiger partial charge in [0.05, 0.1) is 5.75 Å². The number of thioether (sulfide) groups is 1. The van der Waals surface area contributed by atoms with E-state index in [0.717, 1.165) is 34.6 Å². The summed E-state index contributed by atoms with van der Waals surface area (Å²) >= 11 is 1.38. The minimum Gasteiger partial charge on any atom is -0.385 e. The van der Waals surface area contributed by atoms with Crippen molar-refractivity contribution in [2.45, 2.75) is 32.0 Å². The highest BCUT2D eigenvalue weighted by molar-refractivity contribution is 7.99. The van der Waals surface area contributed by atoms with E-state index < -0.39 is 0 Å². The molecule has 2 heterocycles. The molecule has 0 saturated heterocycles. The highest BCUT2D eigenvalue weighted by atomic mass is 32.2. The number of nitrogens with zero attached hydrogens (tertiary/aromatic N) is 4. The molecule has 0 aliphatic carbocycles. The van der Waals surface area contributed by atoms with Crippen LogP contribution < -0.4 is 5.32 Å². The quantitative estimate of drug-likeness (QED) is 0.427. The van der Waals surface area contributed by atoms with Crippen LogP contribution in [0.5, 0.6) is 0 Å². The van der Waals surface area contributed by atoms with Crippen LogP contribution in [-0.4, -0.2) is 45.1 Å². The van der Waals surface area contributed by atoms with Crippen molar-refractivity contribution < 1.29 is 9.53 Å². The summed E-state index contributed by atoms with van der Waals surface area (Å²) in [7, 11) is 1.68. The van der Waals surface area contributed by atoms with Crippen LogP contribution in [0.4, 0.5) is 5.69 Å². The maximum atomic E-state index is 12.5. The van der Waals surface area contributed by atoms with E-state index in [2.05, 4.69) is 20.5 Å².